The molecule has 0 aliphatic rings. The molecule has 1 atom stereocenters. The first kappa shape index (κ1) is 15.4. The summed E-state index contributed by atoms with van der Waals surface area (Å²) in [6, 6.07) is 1.93. The molecule has 1 N–H and O–H groups in total. The molecule has 0 fully saturated rings. The molecule has 0 amide bonds. The van der Waals surface area contributed by atoms with Gasteiger partial charge in [-0.25, -0.2) is 9.97 Å². The van der Waals surface area contributed by atoms with E-state index in [1.165, 1.54) is 0 Å². The second-order valence-corrected chi connectivity index (χ2v) is 6.77. The first-order chi connectivity index (χ1) is 8.36. The minimum absolute atomic E-state index is 0.0957. The van der Waals surface area contributed by atoms with Crippen LogP contribution in [-0.2, 0) is 16.8 Å². The first-order valence-electron chi connectivity index (χ1n) is 6.01. The molecule has 102 valence electrons. The van der Waals surface area contributed by atoms with Gasteiger partial charge in [-0.1, -0.05) is 27.7 Å². The maximum absolute atomic E-state index is 9.11. The molecule has 4 nitrogen and oxygen atoms in total. The third-order valence-electron chi connectivity index (χ3n) is 2.30. The molecule has 1 aromatic rings. The Bertz CT molecular complexity index is 391. The van der Waals surface area contributed by atoms with Crippen molar-refractivity contribution in [2.45, 2.75) is 50.0 Å². The van der Waals surface area contributed by atoms with E-state index < -0.39 is 0 Å². The van der Waals surface area contributed by atoms with Crippen molar-refractivity contribution in [1.29, 1.82) is 0 Å². The van der Waals surface area contributed by atoms with Crippen molar-refractivity contribution in [3.63, 3.8) is 0 Å². The number of methoxy groups -OCH3 is 1. The van der Waals surface area contributed by atoms with E-state index in [1.54, 1.807) is 18.9 Å². The molecule has 1 aromatic heterocycles. The first-order valence-corrected chi connectivity index (χ1v) is 6.89. The fraction of sp³-hybridized carbons (Fsp3) is 0.692. The Morgan fingerprint density at radius 3 is 2.56 bits per heavy atom. The van der Waals surface area contributed by atoms with E-state index in [0.717, 1.165) is 16.5 Å². The van der Waals surface area contributed by atoms with Crippen LogP contribution in [0, 0.1) is 0 Å². The molecule has 0 bridgehead atoms. The van der Waals surface area contributed by atoms with Gasteiger partial charge in [0.1, 0.15) is 10.9 Å². The topological polar surface area (TPSA) is 55.2 Å². The Morgan fingerprint density at radius 2 is 2.06 bits per heavy atom. The van der Waals surface area contributed by atoms with Crippen molar-refractivity contribution in [2.24, 2.45) is 0 Å². The van der Waals surface area contributed by atoms with Crippen molar-refractivity contribution >= 4 is 11.8 Å². The van der Waals surface area contributed by atoms with Crippen LogP contribution in [0.5, 0.6) is 0 Å². The Morgan fingerprint density at radius 1 is 1.39 bits per heavy atom. The predicted molar refractivity (Wildman–Crippen MR) is 73.8 cm³/mol. The van der Waals surface area contributed by atoms with Crippen molar-refractivity contribution in [3.8, 4) is 0 Å². The fourth-order valence-electron chi connectivity index (χ4n) is 1.33. The molecule has 18 heavy (non-hydrogen) atoms. The van der Waals surface area contributed by atoms with Gasteiger partial charge in [0.05, 0.1) is 18.9 Å². The largest absolute Gasteiger partial charge is 0.395 e. The third kappa shape index (κ3) is 4.55. The van der Waals surface area contributed by atoms with Gasteiger partial charge in [0.2, 0.25) is 0 Å². The number of aromatic nitrogens is 2. The summed E-state index contributed by atoms with van der Waals surface area (Å²) < 4.78 is 5.13. The van der Waals surface area contributed by atoms with Gasteiger partial charge in [-0.2, -0.15) is 0 Å². The predicted octanol–water partition coefficient (Wildman–Crippen LogP) is 2.39. The third-order valence-corrected chi connectivity index (χ3v) is 3.30. The molecule has 0 saturated heterocycles. The van der Waals surface area contributed by atoms with Gasteiger partial charge < -0.3 is 9.84 Å². The molecular formula is C13H22N2O2S. The van der Waals surface area contributed by atoms with E-state index in [0.29, 0.717) is 6.61 Å². The number of thioether (sulfide) groups is 1. The highest BCUT2D eigenvalue weighted by atomic mass is 32.2. The maximum atomic E-state index is 9.11. The van der Waals surface area contributed by atoms with Crippen LogP contribution in [0.15, 0.2) is 11.1 Å². The molecule has 0 saturated carbocycles. The average Bonchev–Trinajstić information content (AvgIpc) is 2.27. The zero-order valence-electron chi connectivity index (χ0n) is 11.7. The molecule has 0 aliphatic heterocycles. The number of hydrogen-bond donors (Lipinski definition) is 1. The number of ether oxygens (including phenoxy) is 1. The highest BCUT2D eigenvalue weighted by Gasteiger charge is 2.19. The van der Waals surface area contributed by atoms with Gasteiger partial charge in [-0.15, -0.1) is 11.8 Å². The lowest BCUT2D eigenvalue weighted by atomic mass is 9.96. The summed E-state index contributed by atoms with van der Waals surface area (Å²) in [5, 5.41) is 10.1. The molecular weight excluding hydrogens is 248 g/mol. The molecule has 0 spiro atoms. The van der Waals surface area contributed by atoms with Crippen LogP contribution in [0.25, 0.3) is 0 Å². The number of rotatable bonds is 5. The lowest BCUT2D eigenvalue weighted by Crippen LogP contribution is -2.18. The van der Waals surface area contributed by atoms with Gasteiger partial charge in [-0.3, -0.25) is 0 Å². The summed E-state index contributed by atoms with van der Waals surface area (Å²) in [6.45, 7) is 8.85. The summed E-state index contributed by atoms with van der Waals surface area (Å²) in [6.07, 6.45) is 0. The molecule has 0 aromatic carbocycles. The van der Waals surface area contributed by atoms with Crippen LogP contribution < -0.4 is 0 Å². The normalized spacial score (nSPS) is 13.7. The number of nitrogens with zero attached hydrogens (tertiary/aromatic N) is 2. The summed E-state index contributed by atoms with van der Waals surface area (Å²) in [5.41, 5.74) is 0.784. The van der Waals surface area contributed by atoms with E-state index in [1.807, 2.05) is 13.0 Å². The highest BCUT2D eigenvalue weighted by Crippen LogP contribution is 2.25. The van der Waals surface area contributed by atoms with Crippen molar-refractivity contribution < 1.29 is 9.84 Å². The van der Waals surface area contributed by atoms with Crippen molar-refractivity contribution in [2.75, 3.05) is 13.7 Å². The van der Waals surface area contributed by atoms with E-state index in [-0.39, 0.29) is 17.3 Å². The van der Waals surface area contributed by atoms with Crippen molar-refractivity contribution in [1.82, 2.24) is 9.97 Å². The van der Waals surface area contributed by atoms with Crippen LogP contribution in [0.3, 0.4) is 0 Å². The number of aliphatic hydroxyl groups excluding tert-OH is 1. The SMILES string of the molecule is COCc1cc(SC(C)CO)nc(C(C)(C)C)n1. The quantitative estimate of drug-likeness (QED) is 0.657. The summed E-state index contributed by atoms with van der Waals surface area (Å²) in [5.74, 6) is 0.810. The highest BCUT2D eigenvalue weighted by molar-refractivity contribution is 7.99. The monoisotopic (exact) mass is 270 g/mol. The second kappa shape index (κ2) is 6.50. The van der Waals surface area contributed by atoms with Gasteiger partial charge in [0.25, 0.3) is 0 Å². The number of aliphatic hydroxyl groups is 1. The maximum Gasteiger partial charge on any atom is 0.135 e. The van der Waals surface area contributed by atoms with Crippen LogP contribution in [0.2, 0.25) is 0 Å². The lowest BCUT2D eigenvalue weighted by Gasteiger charge is -2.19. The van der Waals surface area contributed by atoms with Crippen LogP contribution in [-0.4, -0.2) is 34.0 Å². The van der Waals surface area contributed by atoms with Gasteiger partial charge in [-0.05, 0) is 6.07 Å². The van der Waals surface area contributed by atoms with E-state index >= 15 is 0 Å². The van der Waals surface area contributed by atoms with Crippen LogP contribution in [0.4, 0.5) is 0 Å². The summed E-state index contributed by atoms with van der Waals surface area (Å²) in [7, 11) is 1.65. The lowest BCUT2D eigenvalue weighted by molar-refractivity contribution is 0.180. The second-order valence-electron chi connectivity index (χ2n) is 5.32. The Hall–Kier alpha value is -0.650. The zero-order valence-corrected chi connectivity index (χ0v) is 12.5. The Balaban J connectivity index is 3.06. The fourth-order valence-corrected chi connectivity index (χ4v) is 2.16. The molecule has 0 radical (unpaired) electrons. The molecule has 1 heterocycles. The average molecular weight is 270 g/mol. The zero-order chi connectivity index (χ0) is 13.8. The van der Waals surface area contributed by atoms with Crippen molar-refractivity contribution in [3.05, 3.63) is 17.6 Å². The Kier molecular flexibility index (Phi) is 5.56. The number of hydrogen-bond acceptors (Lipinski definition) is 5. The minimum Gasteiger partial charge on any atom is -0.395 e. The van der Waals surface area contributed by atoms with E-state index in [2.05, 4.69) is 30.7 Å². The van der Waals surface area contributed by atoms with Crippen LogP contribution >= 0.6 is 11.8 Å². The minimum atomic E-state index is -0.0957. The molecule has 5 heteroatoms. The molecule has 1 rings (SSSR count). The molecule has 1 unspecified atom stereocenters. The molecule has 0 aliphatic carbocycles. The van der Waals surface area contributed by atoms with Crippen LogP contribution in [0.1, 0.15) is 39.2 Å². The van der Waals surface area contributed by atoms with Gasteiger partial charge in [0, 0.05) is 17.8 Å². The standard InChI is InChI=1S/C13H22N2O2S/c1-9(7-16)18-11-6-10(8-17-5)14-12(15-11)13(2,3)4/h6,9,16H,7-8H2,1-5H3. The van der Waals surface area contributed by atoms with Gasteiger partial charge >= 0.3 is 0 Å². The van der Waals surface area contributed by atoms with Gasteiger partial charge in [0.15, 0.2) is 0 Å². The van der Waals surface area contributed by atoms with E-state index in [4.69, 9.17) is 9.84 Å². The smallest absolute Gasteiger partial charge is 0.135 e. The van der Waals surface area contributed by atoms with E-state index in [9.17, 15) is 0 Å². The summed E-state index contributed by atoms with van der Waals surface area (Å²) in [4.78, 5) is 9.08. The Labute approximate surface area is 113 Å². The summed E-state index contributed by atoms with van der Waals surface area (Å²) >= 11 is 1.56.